The van der Waals surface area contributed by atoms with Gasteiger partial charge in [-0.2, -0.15) is 0 Å². The average Bonchev–Trinajstić information content (AvgIpc) is 3.03. The van der Waals surface area contributed by atoms with Crippen LogP contribution in [0.5, 0.6) is 5.75 Å². The van der Waals surface area contributed by atoms with E-state index >= 15 is 0 Å². The highest BCUT2D eigenvalue weighted by Gasteiger charge is 2.28. The topological polar surface area (TPSA) is 76.4 Å². The molecule has 0 fully saturated rings. The minimum Gasteiger partial charge on any atom is -0.507 e. The van der Waals surface area contributed by atoms with Gasteiger partial charge in [0.15, 0.2) is 0 Å². The van der Waals surface area contributed by atoms with Crippen LogP contribution < -0.4 is 5.32 Å². The number of aromatic hydroxyl groups is 1. The molecule has 1 atom stereocenters. The molecule has 1 aromatic heterocycles. The lowest BCUT2D eigenvalue weighted by Gasteiger charge is -2.28. The van der Waals surface area contributed by atoms with Gasteiger partial charge in [-0.1, -0.05) is 59.8 Å². The molecular formula is C23H33N3O3S. The highest BCUT2D eigenvalue weighted by atomic mass is 32.1. The van der Waals surface area contributed by atoms with E-state index in [2.05, 4.69) is 51.8 Å². The summed E-state index contributed by atoms with van der Waals surface area (Å²) in [5.74, 6) is -0.293. The molecule has 0 aliphatic rings. The molecule has 0 unspecified atom stereocenters. The van der Waals surface area contributed by atoms with Crippen molar-refractivity contribution in [2.75, 3.05) is 7.11 Å². The Morgan fingerprint density at radius 2 is 1.87 bits per heavy atom. The average molecular weight is 432 g/mol. The Morgan fingerprint density at radius 3 is 2.33 bits per heavy atom. The number of esters is 1. The monoisotopic (exact) mass is 431 g/mol. The number of imidazole rings is 1. The van der Waals surface area contributed by atoms with Crippen molar-refractivity contribution in [2.24, 2.45) is 7.05 Å². The lowest BCUT2D eigenvalue weighted by atomic mass is 9.79. The Bertz CT molecular complexity index is 936. The molecule has 0 aliphatic heterocycles. The fraction of sp³-hybridized carbons (Fsp3) is 0.522. The summed E-state index contributed by atoms with van der Waals surface area (Å²) in [6.07, 6.45) is 3.74. The number of carbonyl (C=O) groups is 1. The maximum atomic E-state index is 12.4. The molecule has 0 spiro atoms. The van der Waals surface area contributed by atoms with Crippen molar-refractivity contribution in [1.82, 2.24) is 14.9 Å². The number of phenolic OH excluding ortho intramolecular Hbond substituents is 1. The lowest BCUT2D eigenvalue weighted by Crippen LogP contribution is -2.43. The van der Waals surface area contributed by atoms with Gasteiger partial charge in [0.25, 0.3) is 0 Å². The first kappa shape index (κ1) is 23.9. The SMILES string of the molecule is COC(=O)[C@H](Cc1cncn1C)NC(=S)c1cc(C(C)(C)C)cc(C(C)(C)C)c1O. The van der Waals surface area contributed by atoms with Crippen molar-refractivity contribution in [1.29, 1.82) is 0 Å². The fourth-order valence-electron chi connectivity index (χ4n) is 3.17. The van der Waals surface area contributed by atoms with E-state index in [1.807, 2.05) is 23.7 Å². The Hall–Kier alpha value is -2.41. The first-order chi connectivity index (χ1) is 13.8. The molecule has 0 aliphatic carbocycles. The van der Waals surface area contributed by atoms with Gasteiger partial charge in [0, 0.05) is 30.9 Å². The van der Waals surface area contributed by atoms with Gasteiger partial charge in [-0.05, 0) is 22.5 Å². The number of phenols is 1. The van der Waals surface area contributed by atoms with Gasteiger partial charge in [0.2, 0.25) is 0 Å². The number of thiocarbonyl (C=S) groups is 1. The Kier molecular flexibility index (Phi) is 6.97. The van der Waals surface area contributed by atoms with Crippen molar-refractivity contribution in [3.05, 3.63) is 47.0 Å². The second-order valence-electron chi connectivity index (χ2n) is 9.67. The van der Waals surface area contributed by atoms with E-state index in [4.69, 9.17) is 17.0 Å². The van der Waals surface area contributed by atoms with Crippen LogP contribution in [0.1, 0.15) is 63.9 Å². The molecule has 164 valence electrons. The van der Waals surface area contributed by atoms with Crippen LogP contribution in [-0.2, 0) is 33.8 Å². The summed E-state index contributed by atoms with van der Waals surface area (Å²) in [7, 11) is 3.21. The van der Waals surface area contributed by atoms with Crippen LogP contribution in [0.4, 0.5) is 0 Å². The summed E-state index contributed by atoms with van der Waals surface area (Å²) in [5.41, 5.74) is 2.85. The number of rotatable bonds is 5. The fourth-order valence-corrected chi connectivity index (χ4v) is 3.47. The zero-order chi connectivity index (χ0) is 22.9. The maximum Gasteiger partial charge on any atom is 0.328 e. The third-order valence-electron chi connectivity index (χ3n) is 5.15. The van der Waals surface area contributed by atoms with Crippen LogP contribution in [0.25, 0.3) is 0 Å². The van der Waals surface area contributed by atoms with Crippen LogP contribution in [0.3, 0.4) is 0 Å². The number of hydrogen-bond donors (Lipinski definition) is 2. The number of ether oxygens (including phenoxy) is 1. The Labute approximate surface area is 184 Å². The van der Waals surface area contributed by atoms with E-state index in [1.54, 1.807) is 12.5 Å². The molecule has 6 nitrogen and oxygen atoms in total. The zero-order valence-electron chi connectivity index (χ0n) is 19.2. The molecule has 0 radical (unpaired) electrons. The second-order valence-corrected chi connectivity index (χ2v) is 10.1. The standard InChI is InChI=1S/C23H33N3O3S/c1-22(2,3)14-9-16(19(27)17(10-14)23(4,5)6)20(30)25-18(21(28)29-8)11-15-12-24-13-26(15)7/h9-10,12-13,18,27H,11H2,1-8H3,(H,25,30)/t18-/m0/s1. The summed E-state index contributed by atoms with van der Waals surface area (Å²) in [6, 6.07) is 3.24. The molecule has 2 aromatic rings. The van der Waals surface area contributed by atoms with Crippen LogP contribution in [0.15, 0.2) is 24.7 Å². The van der Waals surface area contributed by atoms with E-state index in [0.717, 1.165) is 16.8 Å². The number of carbonyl (C=O) groups excluding carboxylic acids is 1. The van der Waals surface area contributed by atoms with Gasteiger partial charge in [-0.25, -0.2) is 9.78 Å². The van der Waals surface area contributed by atoms with E-state index in [9.17, 15) is 9.90 Å². The molecule has 0 amide bonds. The number of nitrogens with zero attached hydrogens (tertiary/aromatic N) is 2. The normalized spacial score (nSPS) is 13.1. The number of aryl methyl sites for hydroxylation is 1. The quantitative estimate of drug-likeness (QED) is 0.554. The molecule has 0 saturated heterocycles. The smallest absolute Gasteiger partial charge is 0.328 e. The van der Waals surface area contributed by atoms with Crippen LogP contribution >= 0.6 is 12.2 Å². The summed E-state index contributed by atoms with van der Waals surface area (Å²) in [5, 5.41) is 14.1. The van der Waals surface area contributed by atoms with Crippen molar-refractivity contribution < 1.29 is 14.6 Å². The molecule has 1 aromatic carbocycles. The predicted molar refractivity (Wildman–Crippen MR) is 123 cm³/mol. The van der Waals surface area contributed by atoms with Gasteiger partial charge >= 0.3 is 5.97 Å². The number of benzene rings is 1. The summed E-state index contributed by atoms with van der Waals surface area (Å²) in [6.45, 7) is 12.5. The molecule has 30 heavy (non-hydrogen) atoms. The predicted octanol–water partition coefficient (Wildman–Crippen LogP) is 3.77. The number of hydrogen-bond acceptors (Lipinski definition) is 5. The van der Waals surface area contributed by atoms with Gasteiger partial charge in [0.05, 0.1) is 19.0 Å². The molecule has 2 rings (SSSR count). The number of nitrogens with one attached hydrogen (secondary N) is 1. The van der Waals surface area contributed by atoms with E-state index in [-0.39, 0.29) is 16.6 Å². The summed E-state index contributed by atoms with van der Waals surface area (Å²) >= 11 is 5.64. The third-order valence-corrected chi connectivity index (χ3v) is 5.49. The van der Waals surface area contributed by atoms with E-state index in [1.165, 1.54) is 7.11 Å². The number of aromatic nitrogens is 2. The lowest BCUT2D eigenvalue weighted by molar-refractivity contribution is -0.142. The van der Waals surface area contributed by atoms with Crippen molar-refractivity contribution in [2.45, 2.75) is 64.8 Å². The molecule has 1 heterocycles. The Morgan fingerprint density at radius 1 is 1.23 bits per heavy atom. The summed E-state index contributed by atoms with van der Waals surface area (Å²) in [4.78, 5) is 16.8. The molecular weight excluding hydrogens is 398 g/mol. The van der Waals surface area contributed by atoms with Crippen LogP contribution in [-0.4, -0.2) is 38.8 Å². The zero-order valence-corrected chi connectivity index (χ0v) is 20.0. The molecule has 0 saturated carbocycles. The highest BCUT2D eigenvalue weighted by molar-refractivity contribution is 7.80. The molecule has 0 bridgehead atoms. The minimum atomic E-state index is -0.700. The van der Waals surface area contributed by atoms with Gasteiger partial charge in [0.1, 0.15) is 16.8 Å². The van der Waals surface area contributed by atoms with Gasteiger partial charge in [-0.3, -0.25) is 0 Å². The van der Waals surface area contributed by atoms with E-state index < -0.39 is 12.0 Å². The first-order valence-electron chi connectivity index (χ1n) is 9.97. The van der Waals surface area contributed by atoms with Gasteiger partial charge < -0.3 is 19.7 Å². The van der Waals surface area contributed by atoms with Crippen molar-refractivity contribution >= 4 is 23.2 Å². The highest BCUT2D eigenvalue weighted by Crippen LogP contribution is 2.37. The Balaban J connectivity index is 2.46. The van der Waals surface area contributed by atoms with Crippen molar-refractivity contribution in [3.63, 3.8) is 0 Å². The number of methoxy groups -OCH3 is 1. The van der Waals surface area contributed by atoms with Gasteiger partial charge in [-0.15, -0.1) is 0 Å². The maximum absolute atomic E-state index is 12.4. The summed E-state index contributed by atoms with van der Waals surface area (Å²) < 4.78 is 6.81. The molecule has 7 heteroatoms. The largest absolute Gasteiger partial charge is 0.507 e. The third kappa shape index (κ3) is 5.39. The second kappa shape index (κ2) is 8.76. The molecule has 2 N–H and O–H groups in total. The first-order valence-corrected chi connectivity index (χ1v) is 10.4. The van der Waals surface area contributed by atoms with Crippen molar-refractivity contribution in [3.8, 4) is 5.75 Å². The van der Waals surface area contributed by atoms with Crippen LogP contribution in [0, 0.1) is 0 Å². The minimum absolute atomic E-state index is 0.130. The van der Waals surface area contributed by atoms with E-state index in [0.29, 0.717) is 17.0 Å². The van der Waals surface area contributed by atoms with Crippen LogP contribution in [0.2, 0.25) is 0 Å².